The maximum atomic E-state index is 13.5. The van der Waals surface area contributed by atoms with Crippen LogP contribution < -0.4 is 0 Å². The number of hydrogen-bond donors (Lipinski definition) is 1. The third-order valence-electron chi connectivity index (χ3n) is 8.12. The van der Waals surface area contributed by atoms with Crippen LogP contribution in [0.25, 0.3) is 64.6 Å². The molecule has 0 saturated carbocycles. The second kappa shape index (κ2) is 7.88. The molecule has 0 atom stereocenters. The second-order valence-corrected chi connectivity index (χ2v) is 10.1. The number of esters is 1. The van der Waals surface area contributed by atoms with Crippen LogP contribution in [-0.4, -0.2) is 11.1 Å². The number of benzene rings is 8. The van der Waals surface area contributed by atoms with Crippen molar-refractivity contribution in [2.75, 3.05) is 0 Å². The first kappa shape index (κ1) is 21.4. The zero-order valence-corrected chi connectivity index (χ0v) is 20.5. The van der Waals surface area contributed by atoms with E-state index >= 15 is 0 Å². The molecule has 8 aromatic rings. The predicted octanol–water partition coefficient (Wildman–Crippen LogP) is 8.33. The Labute approximate surface area is 218 Å². The van der Waals surface area contributed by atoms with E-state index in [1.165, 1.54) is 16.2 Å². The average molecular weight is 491 g/mol. The van der Waals surface area contributed by atoms with Gasteiger partial charge in [-0.15, -0.1) is 0 Å². The Kier molecular flexibility index (Phi) is 4.43. The van der Waals surface area contributed by atoms with Gasteiger partial charge in [0.15, 0.2) is 0 Å². The van der Waals surface area contributed by atoms with Crippen LogP contribution in [0.15, 0.2) is 103 Å². The minimum Gasteiger partial charge on any atom is -0.457 e. The van der Waals surface area contributed by atoms with Crippen molar-refractivity contribution in [1.82, 2.24) is 0 Å². The second-order valence-electron chi connectivity index (χ2n) is 10.1. The van der Waals surface area contributed by atoms with Gasteiger partial charge in [0, 0.05) is 0 Å². The molecular formula is C35H22O3. The summed E-state index contributed by atoms with van der Waals surface area (Å²) in [6.07, 6.45) is 0. The summed E-state index contributed by atoms with van der Waals surface area (Å²) in [5.41, 5.74) is 2.46. The highest BCUT2D eigenvalue weighted by Crippen LogP contribution is 2.39. The molecule has 0 heterocycles. The lowest BCUT2D eigenvalue weighted by Crippen LogP contribution is -2.06. The Bertz CT molecular complexity index is 2180. The molecule has 8 rings (SSSR count). The molecule has 0 saturated heterocycles. The Hall–Kier alpha value is -4.73. The number of hydrogen-bond acceptors (Lipinski definition) is 3. The molecule has 0 aliphatic carbocycles. The van der Waals surface area contributed by atoms with Crippen LogP contribution >= 0.6 is 0 Å². The van der Waals surface area contributed by atoms with Gasteiger partial charge in [-0.3, -0.25) is 0 Å². The van der Waals surface area contributed by atoms with E-state index in [0.717, 1.165) is 59.6 Å². The molecule has 38 heavy (non-hydrogen) atoms. The van der Waals surface area contributed by atoms with Crippen LogP contribution in [0.5, 0.6) is 0 Å². The lowest BCUT2D eigenvalue weighted by molar-refractivity contribution is 0.0477. The van der Waals surface area contributed by atoms with Gasteiger partial charge in [0.1, 0.15) is 6.61 Å². The molecule has 8 aromatic carbocycles. The molecule has 0 bridgehead atoms. The first-order valence-electron chi connectivity index (χ1n) is 12.8. The average Bonchev–Trinajstić information content (AvgIpc) is 2.97. The highest BCUT2D eigenvalue weighted by Gasteiger charge is 2.18. The number of ether oxygens (including phenoxy) is 1. The number of aliphatic hydroxyl groups is 1. The van der Waals surface area contributed by atoms with E-state index in [1.807, 2.05) is 30.3 Å². The van der Waals surface area contributed by atoms with E-state index in [9.17, 15) is 9.90 Å². The van der Waals surface area contributed by atoms with Crippen molar-refractivity contribution < 1.29 is 14.6 Å². The fourth-order valence-electron chi connectivity index (χ4n) is 6.32. The molecule has 0 amide bonds. The quantitative estimate of drug-likeness (QED) is 0.199. The van der Waals surface area contributed by atoms with Crippen LogP contribution in [-0.2, 0) is 18.0 Å². The minimum atomic E-state index is -0.323. The van der Waals surface area contributed by atoms with Crippen molar-refractivity contribution in [1.29, 1.82) is 0 Å². The number of rotatable bonds is 4. The zero-order valence-electron chi connectivity index (χ0n) is 20.5. The van der Waals surface area contributed by atoms with E-state index in [0.29, 0.717) is 5.56 Å². The van der Waals surface area contributed by atoms with Gasteiger partial charge in [-0.2, -0.15) is 0 Å². The summed E-state index contributed by atoms with van der Waals surface area (Å²) < 4.78 is 5.96. The summed E-state index contributed by atoms with van der Waals surface area (Å²) in [6.45, 7) is 0.180. The largest absolute Gasteiger partial charge is 0.457 e. The fraction of sp³-hybridized carbons (Fsp3) is 0.0571. The van der Waals surface area contributed by atoms with Gasteiger partial charge in [0.05, 0.1) is 12.2 Å². The third-order valence-corrected chi connectivity index (χ3v) is 8.12. The van der Waals surface area contributed by atoms with Crippen molar-refractivity contribution in [3.63, 3.8) is 0 Å². The first-order valence-corrected chi connectivity index (χ1v) is 12.8. The van der Waals surface area contributed by atoms with Crippen LogP contribution in [0.2, 0.25) is 0 Å². The maximum Gasteiger partial charge on any atom is 0.339 e. The van der Waals surface area contributed by atoms with Gasteiger partial charge in [0.25, 0.3) is 0 Å². The van der Waals surface area contributed by atoms with Crippen molar-refractivity contribution >= 4 is 70.6 Å². The summed E-state index contributed by atoms with van der Waals surface area (Å²) in [6, 6.07) is 35.2. The van der Waals surface area contributed by atoms with Crippen molar-refractivity contribution in [2.45, 2.75) is 13.2 Å². The molecule has 0 aliphatic rings. The first-order chi connectivity index (χ1) is 18.7. The van der Waals surface area contributed by atoms with Crippen molar-refractivity contribution in [2.24, 2.45) is 0 Å². The zero-order chi connectivity index (χ0) is 25.4. The summed E-state index contributed by atoms with van der Waals surface area (Å²) in [7, 11) is 0. The standard InChI is InChI=1S/C35H22O3/c36-18-25-8-6-22-11-15-28-26(9-7-23-10-14-27(25)32(22)33(23)28)19-38-35(37)30-17-13-24-5-4-20-2-1-3-21-12-16-29(30)34(24)31(20)21/h1-17,36H,18-19H2. The predicted molar refractivity (Wildman–Crippen MR) is 155 cm³/mol. The summed E-state index contributed by atoms with van der Waals surface area (Å²) in [5, 5.41) is 23.3. The Morgan fingerprint density at radius 1 is 0.526 bits per heavy atom. The lowest BCUT2D eigenvalue weighted by atomic mass is 9.90. The fourth-order valence-corrected chi connectivity index (χ4v) is 6.32. The highest BCUT2D eigenvalue weighted by molar-refractivity contribution is 6.26. The smallest absolute Gasteiger partial charge is 0.339 e. The molecule has 3 heteroatoms. The van der Waals surface area contributed by atoms with Gasteiger partial charge in [-0.1, -0.05) is 97.1 Å². The normalized spacial score (nSPS) is 12.1. The Morgan fingerprint density at radius 2 is 1.00 bits per heavy atom. The van der Waals surface area contributed by atoms with Crippen LogP contribution in [0, 0.1) is 0 Å². The summed E-state index contributed by atoms with van der Waals surface area (Å²) in [5.74, 6) is -0.323. The lowest BCUT2D eigenvalue weighted by Gasteiger charge is -2.16. The number of carbonyl (C=O) groups is 1. The van der Waals surface area contributed by atoms with E-state index in [-0.39, 0.29) is 19.2 Å². The Morgan fingerprint density at radius 3 is 1.66 bits per heavy atom. The molecular weight excluding hydrogens is 468 g/mol. The molecule has 1 N–H and O–H groups in total. The van der Waals surface area contributed by atoms with Gasteiger partial charge >= 0.3 is 5.97 Å². The van der Waals surface area contributed by atoms with E-state index < -0.39 is 0 Å². The maximum absolute atomic E-state index is 13.5. The minimum absolute atomic E-state index is 0.00203. The molecule has 0 fully saturated rings. The molecule has 0 aromatic heterocycles. The molecule has 0 spiro atoms. The van der Waals surface area contributed by atoms with E-state index in [4.69, 9.17) is 4.74 Å². The van der Waals surface area contributed by atoms with Gasteiger partial charge < -0.3 is 9.84 Å². The molecule has 180 valence electrons. The monoisotopic (exact) mass is 490 g/mol. The van der Waals surface area contributed by atoms with E-state index in [2.05, 4.69) is 72.8 Å². The molecule has 0 radical (unpaired) electrons. The Balaban J connectivity index is 1.22. The van der Waals surface area contributed by atoms with Crippen LogP contribution in [0.4, 0.5) is 0 Å². The molecule has 0 unspecified atom stereocenters. The van der Waals surface area contributed by atoms with E-state index in [1.54, 1.807) is 0 Å². The highest BCUT2D eigenvalue weighted by atomic mass is 16.5. The summed E-state index contributed by atoms with van der Waals surface area (Å²) >= 11 is 0. The van der Waals surface area contributed by atoms with Crippen molar-refractivity contribution in [3.05, 3.63) is 120 Å². The van der Waals surface area contributed by atoms with Crippen LogP contribution in [0.3, 0.4) is 0 Å². The SMILES string of the molecule is O=C(OCc1ccc2ccc3c(CO)ccc4ccc1c2c43)c1ccc2ccc3cccc4ccc1c2c34. The number of carbonyl (C=O) groups excluding carboxylic acids is 1. The summed E-state index contributed by atoms with van der Waals surface area (Å²) in [4.78, 5) is 13.5. The molecule has 0 aliphatic heterocycles. The van der Waals surface area contributed by atoms with Gasteiger partial charge in [-0.25, -0.2) is 4.79 Å². The van der Waals surface area contributed by atoms with Gasteiger partial charge in [0.2, 0.25) is 0 Å². The number of aliphatic hydroxyl groups excluding tert-OH is 1. The van der Waals surface area contributed by atoms with Crippen LogP contribution in [0.1, 0.15) is 21.5 Å². The molecule has 3 nitrogen and oxygen atoms in total. The topological polar surface area (TPSA) is 46.5 Å². The van der Waals surface area contributed by atoms with Crippen molar-refractivity contribution in [3.8, 4) is 0 Å². The third kappa shape index (κ3) is 2.91. The van der Waals surface area contributed by atoms with Gasteiger partial charge in [-0.05, 0) is 81.8 Å².